The van der Waals surface area contributed by atoms with Crippen LogP contribution in [0, 0.1) is 16.0 Å². The van der Waals surface area contributed by atoms with E-state index in [2.05, 4.69) is 17.5 Å². The number of carbonyl (C=O) groups excluding carboxylic acids is 1. The lowest BCUT2D eigenvalue weighted by Gasteiger charge is -2.38. The first-order chi connectivity index (χ1) is 13.1. The average molecular weight is 364 g/mol. The van der Waals surface area contributed by atoms with Crippen LogP contribution in [0.2, 0.25) is 0 Å². The molecule has 0 amide bonds. The van der Waals surface area contributed by atoms with E-state index in [-0.39, 0.29) is 23.6 Å². The Bertz CT molecular complexity index is 920. The topological polar surface area (TPSA) is 81.5 Å². The van der Waals surface area contributed by atoms with E-state index in [4.69, 9.17) is 4.74 Å². The van der Waals surface area contributed by atoms with Crippen molar-refractivity contribution in [1.82, 2.24) is 0 Å². The molecule has 1 aliphatic carbocycles. The number of fused-ring (bicyclic) bond motifs is 3. The van der Waals surface area contributed by atoms with Gasteiger partial charge in [0.1, 0.15) is 0 Å². The molecule has 1 N–H and O–H groups in total. The van der Waals surface area contributed by atoms with Gasteiger partial charge in [0.2, 0.25) is 0 Å². The van der Waals surface area contributed by atoms with Crippen LogP contribution in [0.15, 0.2) is 54.6 Å². The summed E-state index contributed by atoms with van der Waals surface area (Å²) < 4.78 is 5.22. The number of hydrogen-bond donors (Lipinski definition) is 1. The average Bonchev–Trinajstić information content (AvgIpc) is 3.17. The molecule has 138 valence electrons. The first kappa shape index (κ1) is 17.3. The van der Waals surface area contributed by atoms with Gasteiger partial charge in [-0.1, -0.05) is 36.4 Å². The maximum atomic E-state index is 12.4. The van der Waals surface area contributed by atoms with E-state index in [1.165, 1.54) is 12.1 Å². The SMILES string of the molecule is CCOC(=O)c1cccc2c1N[C@@H](c1ccc([N+](=O)[O-])cc1)[C@@H]1CC=C[C@H]21. The third-order valence-corrected chi connectivity index (χ3v) is 5.36. The molecule has 2 aromatic carbocycles. The molecule has 0 bridgehead atoms. The quantitative estimate of drug-likeness (QED) is 0.371. The van der Waals surface area contributed by atoms with Crippen LogP contribution in [0.25, 0.3) is 0 Å². The van der Waals surface area contributed by atoms with Crippen molar-refractivity contribution in [3.8, 4) is 0 Å². The fourth-order valence-electron chi connectivity index (χ4n) is 4.13. The van der Waals surface area contributed by atoms with Crippen LogP contribution < -0.4 is 5.32 Å². The van der Waals surface area contributed by atoms with Gasteiger partial charge >= 0.3 is 5.97 Å². The van der Waals surface area contributed by atoms with Gasteiger partial charge in [-0.2, -0.15) is 0 Å². The number of rotatable bonds is 4. The normalized spacial score (nSPS) is 22.5. The van der Waals surface area contributed by atoms with Crippen molar-refractivity contribution >= 4 is 17.3 Å². The fraction of sp³-hybridized carbons (Fsp3) is 0.286. The monoisotopic (exact) mass is 364 g/mol. The number of non-ortho nitro benzene ring substituents is 1. The Balaban J connectivity index is 1.75. The second-order valence-corrected chi connectivity index (χ2v) is 6.81. The lowest BCUT2D eigenvalue weighted by molar-refractivity contribution is -0.384. The molecule has 1 aliphatic heterocycles. The summed E-state index contributed by atoms with van der Waals surface area (Å²) in [4.78, 5) is 23.0. The Hall–Kier alpha value is -3.15. The molecular weight excluding hydrogens is 344 g/mol. The number of nitro groups is 1. The van der Waals surface area contributed by atoms with Crippen molar-refractivity contribution in [1.29, 1.82) is 0 Å². The Morgan fingerprint density at radius 3 is 2.74 bits per heavy atom. The number of esters is 1. The summed E-state index contributed by atoms with van der Waals surface area (Å²) in [6, 6.07) is 12.3. The van der Waals surface area contributed by atoms with Crippen LogP contribution in [0.4, 0.5) is 11.4 Å². The molecule has 0 unspecified atom stereocenters. The maximum Gasteiger partial charge on any atom is 0.340 e. The van der Waals surface area contributed by atoms with Gasteiger partial charge in [0.25, 0.3) is 5.69 Å². The lowest BCUT2D eigenvalue weighted by Crippen LogP contribution is -2.30. The number of allylic oxidation sites excluding steroid dienone is 2. The molecule has 1 heterocycles. The van der Waals surface area contributed by atoms with Gasteiger partial charge in [-0.15, -0.1) is 0 Å². The van der Waals surface area contributed by atoms with Crippen LogP contribution >= 0.6 is 0 Å². The standard InChI is InChI=1S/C21H20N2O4/c1-2-27-21(24)18-8-4-7-17-15-5-3-6-16(15)19(22-20(17)18)13-9-11-14(12-10-13)23(25)26/h3-5,7-12,15-16,19,22H,2,6H2,1H3/t15-,16+,19-/m0/s1. The molecule has 0 saturated carbocycles. The van der Waals surface area contributed by atoms with E-state index in [0.717, 1.165) is 23.2 Å². The number of benzene rings is 2. The number of carbonyl (C=O) groups is 1. The highest BCUT2D eigenvalue weighted by Gasteiger charge is 2.39. The zero-order valence-corrected chi connectivity index (χ0v) is 14.9. The smallest absolute Gasteiger partial charge is 0.340 e. The fourth-order valence-corrected chi connectivity index (χ4v) is 4.13. The van der Waals surface area contributed by atoms with Crippen molar-refractivity contribution in [2.75, 3.05) is 11.9 Å². The lowest BCUT2D eigenvalue weighted by atomic mass is 9.76. The molecule has 6 nitrogen and oxygen atoms in total. The molecule has 6 heteroatoms. The molecule has 3 atom stereocenters. The molecular formula is C21H20N2O4. The summed E-state index contributed by atoms with van der Waals surface area (Å²) in [6.45, 7) is 2.11. The minimum absolute atomic E-state index is 0.0334. The minimum Gasteiger partial charge on any atom is -0.462 e. The molecule has 0 fully saturated rings. The van der Waals surface area contributed by atoms with Crippen molar-refractivity contribution in [3.05, 3.63) is 81.4 Å². The van der Waals surface area contributed by atoms with E-state index in [9.17, 15) is 14.9 Å². The first-order valence-electron chi connectivity index (χ1n) is 9.07. The van der Waals surface area contributed by atoms with Crippen LogP contribution in [-0.4, -0.2) is 17.5 Å². The minimum atomic E-state index is -0.397. The van der Waals surface area contributed by atoms with Crippen LogP contribution in [0.5, 0.6) is 0 Å². The molecule has 0 saturated heterocycles. The summed E-state index contributed by atoms with van der Waals surface area (Å²) in [7, 11) is 0. The van der Waals surface area contributed by atoms with Gasteiger partial charge in [0.15, 0.2) is 0 Å². The second-order valence-electron chi connectivity index (χ2n) is 6.81. The van der Waals surface area contributed by atoms with Crippen LogP contribution in [0.3, 0.4) is 0 Å². The van der Waals surface area contributed by atoms with Gasteiger partial charge in [-0.25, -0.2) is 4.79 Å². The van der Waals surface area contributed by atoms with E-state index in [1.54, 1.807) is 25.1 Å². The summed E-state index contributed by atoms with van der Waals surface area (Å²) in [5.41, 5.74) is 3.47. The van der Waals surface area contributed by atoms with Gasteiger partial charge < -0.3 is 10.1 Å². The molecule has 2 aliphatic rings. The van der Waals surface area contributed by atoms with E-state index in [0.29, 0.717) is 18.1 Å². The van der Waals surface area contributed by atoms with Crippen molar-refractivity contribution in [2.24, 2.45) is 5.92 Å². The number of nitro benzene ring substituents is 1. The third kappa shape index (κ3) is 2.97. The number of nitrogens with zero attached hydrogens (tertiary/aromatic N) is 1. The highest BCUT2D eigenvalue weighted by atomic mass is 16.6. The highest BCUT2D eigenvalue weighted by Crippen LogP contribution is 2.50. The van der Waals surface area contributed by atoms with Crippen molar-refractivity contribution in [3.63, 3.8) is 0 Å². The van der Waals surface area contributed by atoms with Gasteiger partial charge in [-0.3, -0.25) is 10.1 Å². The summed E-state index contributed by atoms with van der Waals surface area (Å²) in [5, 5.41) is 14.5. The molecule has 0 spiro atoms. The van der Waals surface area contributed by atoms with Crippen molar-refractivity contribution < 1.29 is 14.5 Å². The number of anilines is 1. The predicted molar refractivity (Wildman–Crippen MR) is 102 cm³/mol. The zero-order chi connectivity index (χ0) is 19.0. The van der Waals surface area contributed by atoms with Gasteiger partial charge in [-0.05, 0) is 36.5 Å². The van der Waals surface area contributed by atoms with Crippen LogP contribution in [-0.2, 0) is 4.74 Å². The molecule has 27 heavy (non-hydrogen) atoms. The third-order valence-electron chi connectivity index (χ3n) is 5.36. The second kappa shape index (κ2) is 6.87. The van der Waals surface area contributed by atoms with E-state index in [1.807, 2.05) is 12.1 Å². The predicted octanol–water partition coefficient (Wildman–Crippen LogP) is 4.60. The zero-order valence-electron chi connectivity index (χ0n) is 14.9. The summed E-state index contributed by atoms with van der Waals surface area (Å²) >= 11 is 0. The first-order valence-corrected chi connectivity index (χ1v) is 9.07. The van der Waals surface area contributed by atoms with E-state index < -0.39 is 4.92 Å². The van der Waals surface area contributed by atoms with Crippen LogP contribution in [0.1, 0.15) is 46.8 Å². The summed E-state index contributed by atoms with van der Waals surface area (Å²) in [5.74, 6) is 0.164. The van der Waals surface area contributed by atoms with Gasteiger partial charge in [0, 0.05) is 18.1 Å². The Kier molecular flexibility index (Phi) is 4.39. The highest BCUT2D eigenvalue weighted by molar-refractivity contribution is 5.97. The molecule has 2 aromatic rings. The maximum absolute atomic E-state index is 12.4. The molecule has 4 rings (SSSR count). The molecule has 0 aromatic heterocycles. The number of hydrogen-bond acceptors (Lipinski definition) is 5. The van der Waals surface area contributed by atoms with Crippen molar-refractivity contribution in [2.45, 2.75) is 25.3 Å². The van der Waals surface area contributed by atoms with E-state index >= 15 is 0 Å². The number of ether oxygens (including phenoxy) is 1. The number of para-hydroxylation sites is 1. The Morgan fingerprint density at radius 1 is 1.26 bits per heavy atom. The Labute approximate surface area is 157 Å². The van der Waals surface area contributed by atoms with Gasteiger partial charge in [0.05, 0.1) is 28.8 Å². The number of nitrogens with one attached hydrogen (secondary N) is 1. The Morgan fingerprint density at radius 2 is 2.04 bits per heavy atom. The largest absolute Gasteiger partial charge is 0.462 e. The molecule has 0 radical (unpaired) electrons. The summed E-state index contributed by atoms with van der Waals surface area (Å²) in [6.07, 6.45) is 5.28.